The van der Waals surface area contributed by atoms with Crippen molar-refractivity contribution in [2.75, 3.05) is 11.4 Å². The summed E-state index contributed by atoms with van der Waals surface area (Å²) in [5.74, 6) is 0. The van der Waals surface area contributed by atoms with E-state index < -0.39 is 0 Å². The van der Waals surface area contributed by atoms with Gasteiger partial charge in [-0.15, -0.1) is 0 Å². The molecule has 100 valence electrons. The molecule has 0 aromatic heterocycles. The van der Waals surface area contributed by atoms with E-state index in [1.165, 1.54) is 11.3 Å². The number of nitrogens with two attached hydrogens (primary N) is 1. The minimum absolute atomic E-state index is 0.509. The molecule has 2 rings (SSSR count). The normalized spacial score (nSPS) is 10.5. The summed E-state index contributed by atoms with van der Waals surface area (Å²) in [4.78, 5) is 2.24. The average Bonchev–Trinajstić information content (AvgIpc) is 2.40. The van der Waals surface area contributed by atoms with Gasteiger partial charge in [-0.2, -0.15) is 0 Å². The molecule has 0 spiro atoms. The highest BCUT2D eigenvalue weighted by Crippen LogP contribution is 2.31. The number of anilines is 2. The molecule has 0 unspecified atom stereocenters. The smallest absolute Gasteiger partial charge is 0.0471 e. The highest BCUT2D eigenvalue weighted by molar-refractivity contribution is 6.30. The molecule has 0 saturated heterocycles. The van der Waals surface area contributed by atoms with E-state index in [2.05, 4.69) is 43.0 Å². The molecule has 0 fully saturated rings. The minimum atomic E-state index is 0.509. The van der Waals surface area contributed by atoms with Gasteiger partial charge in [0.1, 0.15) is 0 Å². The van der Waals surface area contributed by atoms with Gasteiger partial charge in [-0.1, -0.05) is 29.8 Å². The van der Waals surface area contributed by atoms with Gasteiger partial charge in [-0.25, -0.2) is 0 Å². The quantitative estimate of drug-likeness (QED) is 0.902. The molecule has 0 aliphatic heterocycles. The first-order valence-electron chi connectivity index (χ1n) is 6.48. The third kappa shape index (κ3) is 3.09. The first-order chi connectivity index (χ1) is 9.15. The van der Waals surface area contributed by atoms with Crippen LogP contribution in [0.25, 0.3) is 0 Å². The molecule has 0 saturated carbocycles. The van der Waals surface area contributed by atoms with Gasteiger partial charge in [-0.3, -0.25) is 0 Å². The summed E-state index contributed by atoms with van der Waals surface area (Å²) in [6, 6.07) is 14.3. The maximum absolute atomic E-state index is 6.13. The van der Waals surface area contributed by atoms with Crippen LogP contribution in [0.1, 0.15) is 18.1 Å². The number of rotatable bonds is 4. The second-order valence-corrected chi connectivity index (χ2v) is 5.00. The monoisotopic (exact) mass is 274 g/mol. The topological polar surface area (TPSA) is 29.3 Å². The molecule has 0 bridgehead atoms. The van der Waals surface area contributed by atoms with Crippen LogP contribution in [0.15, 0.2) is 42.5 Å². The second-order valence-electron chi connectivity index (χ2n) is 4.56. The third-order valence-electron chi connectivity index (χ3n) is 3.19. The molecule has 2 N–H and O–H groups in total. The second kappa shape index (κ2) is 6.09. The summed E-state index contributed by atoms with van der Waals surface area (Å²) in [6.07, 6.45) is 0. The summed E-state index contributed by atoms with van der Waals surface area (Å²) in [7, 11) is 0. The maximum Gasteiger partial charge on any atom is 0.0471 e. The predicted molar refractivity (Wildman–Crippen MR) is 83.2 cm³/mol. The fraction of sp³-hybridized carbons (Fsp3) is 0.250. The molecule has 19 heavy (non-hydrogen) atoms. The highest BCUT2D eigenvalue weighted by Gasteiger charge is 2.11. The summed E-state index contributed by atoms with van der Waals surface area (Å²) < 4.78 is 0. The van der Waals surface area contributed by atoms with E-state index in [9.17, 15) is 0 Å². The molecule has 2 aromatic rings. The van der Waals surface area contributed by atoms with Crippen molar-refractivity contribution in [2.24, 2.45) is 5.73 Å². The number of benzene rings is 2. The van der Waals surface area contributed by atoms with E-state index in [1.54, 1.807) is 0 Å². The standard InChI is InChI=1S/C16H19ClN2/c1-3-19(15-6-4-5-12(2)9-15)16-10-14(17)8-7-13(16)11-18/h4-10H,3,11,18H2,1-2H3. The zero-order valence-corrected chi connectivity index (χ0v) is 12.1. The van der Waals surface area contributed by atoms with Crippen LogP contribution in [0.2, 0.25) is 5.02 Å². The Balaban J connectivity index is 2.50. The molecule has 0 aliphatic carbocycles. The summed E-state index contributed by atoms with van der Waals surface area (Å²) >= 11 is 6.13. The van der Waals surface area contributed by atoms with E-state index in [-0.39, 0.29) is 0 Å². The van der Waals surface area contributed by atoms with Gasteiger partial charge < -0.3 is 10.6 Å². The van der Waals surface area contributed by atoms with Crippen LogP contribution in [-0.2, 0) is 6.54 Å². The van der Waals surface area contributed by atoms with Gasteiger partial charge in [0.05, 0.1) is 0 Å². The molecular weight excluding hydrogens is 256 g/mol. The Kier molecular flexibility index (Phi) is 4.46. The van der Waals surface area contributed by atoms with Gasteiger partial charge in [0.25, 0.3) is 0 Å². The largest absolute Gasteiger partial charge is 0.341 e. The molecule has 2 aromatic carbocycles. The predicted octanol–water partition coefficient (Wildman–Crippen LogP) is 4.27. The number of nitrogens with zero attached hydrogens (tertiary/aromatic N) is 1. The van der Waals surface area contributed by atoms with Crippen LogP contribution < -0.4 is 10.6 Å². The van der Waals surface area contributed by atoms with Crippen LogP contribution in [0.5, 0.6) is 0 Å². The van der Waals surface area contributed by atoms with Crippen molar-refractivity contribution in [2.45, 2.75) is 20.4 Å². The van der Waals surface area contributed by atoms with Gasteiger partial charge in [0.2, 0.25) is 0 Å². The van der Waals surface area contributed by atoms with E-state index >= 15 is 0 Å². The van der Waals surface area contributed by atoms with Gasteiger partial charge in [0.15, 0.2) is 0 Å². The summed E-state index contributed by atoms with van der Waals surface area (Å²) in [6.45, 7) is 5.61. The van der Waals surface area contributed by atoms with Crippen LogP contribution in [-0.4, -0.2) is 6.54 Å². The fourth-order valence-electron chi connectivity index (χ4n) is 2.25. The SMILES string of the molecule is CCN(c1cccc(C)c1)c1cc(Cl)ccc1CN. The van der Waals surface area contributed by atoms with E-state index in [4.69, 9.17) is 17.3 Å². The molecule has 0 amide bonds. The Hall–Kier alpha value is -1.51. The maximum atomic E-state index is 6.13. The molecular formula is C16H19ClN2. The molecule has 0 heterocycles. The van der Waals surface area contributed by atoms with Crippen molar-refractivity contribution >= 4 is 23.0 Å². The number of aryl methyl sites for hydroxylation is 1. The number of hydrogen-bond acceptors (Lipinski definition) is 2. The van der Waals surface area contributed by atoms with Crippen molar-refractivity contribution in [3.8, 4) is 0 Å². The van der Waals surface area contributed by atoms with Crippen LogP contribution in [0, 0.1) is 6.92 Å². The van der Waals surface area contributed by atoms with Crippen molar-refractivity contribution in [1.82, 2.24) is 0 Å². The molecule has 0 atom stereocenters. The van der Waals surface area contributed by atoms with E-state index in [0.717, 1.165) is 22.8 Å². The minimum Gasteiger partial charge on any atom is -0.341 e. The van der Waals surface area contributed by atoms with Gasteiger partial charge >= 0.3 is 0 Å². The lowest BCUT2D eigenvalue weighted by Gasteiger charge is -2.26. The number of halogens is 1. The van der Waals surface area contributed by atoms with E-state index in [0.29, 0.717) is 6.54 Å². The average molecular weight is 275 g/mol. The van der Waals surface area contributed by atoms with Crippen LogP contribution in [0.3, 0.4) is 0 Å². The van der Waals surface area contributed by atoms with Gasteiger partial charge in [0, 0.05) is 29.5 Å². The van der Waals surface area contributed by atoms with Gasteiger partial charge in [-0.05, 0) is 49.2 Å². The van der Waals surface area contributed by atoms with Crippen molar-refractivity contribution < 1.29 is 0 Å². The van der Waals surface area contributed by atoms with Crippen molar-refractivity contribution in [3.05, 3.63) is 58.6 Å². The summed E-state index contributed by atoms with van der Waals surface area (Å²) in [5.41, 5.74) is 10.4. The Bertz CT molecular complexity index is 566. The third-order valence-corrected chi connectivity index (χ3v) is 3.42. The summed E-state index contributed by atoms with van der Waals surface area (Å²) in [5, 5.41) is 0.735. The number of hydrogen-bond donors (Lipinski definition) is 1. The Labute approximate surface area is 119 Å². The Morgan fingerprint density at radius 2 is 1.95 bits per heavy atom. The highest BCUT2D eigenvalue weighted by atomic mass is 35.5. The Morgan fingerprint density at radius 1 is 1.16 bits per heavy atom. The molecule has 2 nitrogen and oxygen atoms in total. The molecule has 0 radical (unpaired) electrons. The fourth-order valence-corrected chi connectivity index (χ4v) is 2.42. The van der Waals surface area contributed by atoms with Crippen molar-refractivity contribution in [3.63, 3.8) is 0 Å². The van der Waals surface area contributed by atoms with Crippen LogP contribution >= 0.6 is 11.6 Å². The van der Waals surface area contributed by atoms with Crippen LogP contribution in [0.4, 0.5) is 11.4 Å². The zero-order chi connectivity index (χ0) is 13.8. The lowest BCUT2D eigenvalue weighted by atomic mass is 10.1. The molecule has 0 aliphatic rings. The Morgan fingerprint density at radius 3 is 2.58 bits per heavy atom. The first-order valence-corrected chi connectivity index (χ1v) is 6.86. The first kappa shape index (κ1) is 13.9. The van der Waals surface area contributed by atoms with Crippen molar-refractivity contribution in [1.29, 1.82) is 0 Å². The lowest BCUT2D eigenvalue weighted by molar-refractivity contribution is 0.983. The zero-order valence-electron chi connectivity index (χ0n) is 11.4. The molecule has 3 heteroatoms. The van der Waals surface area contributed by atoms with E-state index in [1.807, 2.05) is 18.2 Å². The lowest BCUT2D eigenvalue weighted by Crippen LogP contribution is -2.18.